The number of rotatable bonds is 6. The molecular weight excluding hydrogens is 282 g/mol. The average Bonchev–Trinajstić information content (AvgIpc) is 2.53. The van der Waals surface area contributed by atoms with E-state index >= 15 is 0 Å². The van der Waals surface area contributed by atoms with Crippen molar-refractivity contribution >= 4 is 27.3 Å². The molecule has 0 aliphatic rings. The number of hydrogen-bond acceptors (Lipinski definition) is 2. The van der Waals surface area contributed by atoms with Gasteiger partial charge in [0.1, 0.15) is 0 Å². The molecule has 0 aromatic carbocycles. The van der Waals surface area contributed by atoms with Crippen LogP contribution in [0.1, 0.15) is 36.9 Å². The SMILES string of the molecule is CCNCC(C)(C)CCc1cc(Br)c(C)s1. The molecule has 0 amide bonds. The van der Waals surface area contributed by atoms with Crippen molar-refractivity contribution in [1.29, 1.82) is 0 Å². The van der Waals surface area contributed by atoms with Crippen molar-refractivity contribution in [1.82, 2.24) is 5.32 Å². The van der Waals surface area contributed by atoms with Crippen LogP contribution in [0.15, 0.2) is 10.5 Å². The lowest BCUT2D eigenvalue weighted by molar-refractivity contribution is 0.318. The van der Waals surface area contributed by atoms with Crippen molar-refractivity contribution in [2.24, 2.45) is 5.41 Å². The van der Waals surface area contributed by atoms with E-state index in [1.807, 2.05) is 11.3 Å². The highest BCUT2D eigenvalue weighted by molar-refractivity contribution is 9.10. The Kier molecular flexibility index (Phi) is 5.48. The first-order valence-corrected chi connectivity index (χ1v) is 7.51. The van der Waals surface area contributed by atoms with Crippen LogP contribution < -0.4 is 5.32 Å². The molecule has 1 aromatic heterocycles. The summed E-state index contributed by atoms with van der Waals surface area (Å²) in [7, 11) is 0. The van der Waals surface area contributed by atoms with Crippen LogP contribution in [0.25, 0.3) is 0 Å². The summed E-state index contributed by atoms with van der Waals surface area (Å²) >= 11 is 5.49. The van der Waals surface area contributed by atoms with Crippen molar-refractivity contribution < 1.29 is 0 Å². The van der Waals surface area contributed by atoms with Crippen molar-refractivity contribution in [3.63, 3.8) is 0 Å². The molecule has 0 atom stereocenters. The highest BCUT2D eigenvalue weighted by atomic mass is 79.9. The van der Waals surface area contributed by atoms with Crippen LogP contribution in [0.2, 0.25) is 0 Å². The smallest absolute Gasteiger partial charge is 0.0314 e. The molecule has 0 radical (unpaired) electrons. The number of hydrogen-bond donors (Lipinski definition) is 1. The first kappa shape index (κ1) is 14.2. The Bertz CT molecular complexity index is 311. The molecule has 16 heavy (non-hydrogen) atoms. The second kappa shape index (κ2) is 6.18. The van der Waals surface area contributed by atoms with Gasteiger partial charge in [0.25, 0.3) is 0 Å². The van der Waals surface area contributed by atoms with Gasteiger partial charge in [-0.1, -0.05) is 20.8 Å². The van der Waals surface area contributed by atoms with Crippen LogP contribution in [-0.2, 0) is 6.42 Å². The molecule has 1 heterocycles. The molecule has 0 saturated carbocycles. The normalized spacial score (nSPS) is 12.1. The molecule has 1 aromatic rings. The van der Waals surface area contributed by atoms with E-state index in [4.69, 9.17) is 0 Å². The molecule has 1 nitrogen and oxygen atoms in total. The van der Waals surface area contributed by atoms with Crippen molar-refractivity contribution in [2.45, 2.75) is 40.5 Å². The minimum atomic E-state index is 0.389. The van der Waals surface area contributed by atoms with Gasteiger partial charge in [0.05, 0.1) is 0 Å². The van der Waals surface area contributed by atoms with Crippen LogP contribution in [0.5, 0.6) is 0 Å². The summed E-state index contributed by atoms with van der Waals surface area (Å²) in [5, 5.41) is 3.44. The van der Waals surface area contributed by atoms with E-state index in [-0.39, 0.29) is 0 Å². The summed E-state index contributed by atoms with van der Waals surface area (Å²) < 4.78 is 1.26. The van der Waals surface area contributed by atoms with E-state index in [0.29, 0.717) is 5.41 Å². The third-order valence-corrected chi connectivity index (χ3v) is 5.01. The molecule has 0 bridgehead atoms. The zero-order chi connectivity index (χ0) is 12.2. The summed E-state index contributed by atoms with van der Waals surface area (Å²) in [6.07, 6.45) is 2.43. The number of aryl methyl sites for hydroxylation is 2. The molecule has 0 aliphatic carbocycles. The van der Waals surface area contributed by atoms with Gasteiger partial charge in [-0.05, 0) is 53.7 Å². The summed E-state index contributed by atoms with van der Waals surface area (Å²) in [5.74, 6) is 0. The fraction of sp³-hybridized carbons (Fsp3) is 0.692. The van der Waals surface area contributed by atoms with Gasteiger partial charge in [0.2, 0.25) is 0 Å². The Balaban J connectivity index is 2.44. The fourth-order valence-electron chi connectivity index (χ4n) is 1.65. The minimum Gasteiger partial charge on any atom is -0.316 e. The van der Waals surface area contributed by atoms with Gasteiger partial charge < -0.3 is 5.32 Å². The quantitative estimate of drug-likeness (QED) is 0.822. The highest BCUT2D eigenvalue weighted by Gasteiger charge is 2.17. The predicted molar refractivity (Wildman–Crippen MR) is 77.4 cm³/mol. The Hall–Kier alpha value is 0.140. The molecule has 0 spiro atoms. The third-order valence-electron chi connectivity index (χ3n) is 2.81. The van der Waals surface area contributed by atoms with Crippen molar-refractivity contribution in [3.05, 3.63) is 20.3 Å². The van der Waals surface area contributed by atoms with Crippen LogP contribution >= 0.6 is 27.3 Å². The fourth-order valence-corrected chi connectivity index (χ4v) is 3.26. The minimum absolute atomic E-state index is 0.389. The number of nitrogens with one attached hydrogen (secondary N) is 1. The molecular formula is C13H22BrNS. The number of thiophene rings is 1. The van der Waals surface area contributed by atoms with Gasteiger partial charge in [-0.2, -0.15) is 0 Å². The summed E-state index contributed by atoms with van der Waals surface area (Å²) in [6, 6.07) is 2.27. The lowest BCUT2D eigenvalue weighted by atomic mass is 9.87. The number of halogens is 1. The van der Waals surface area contributed by atoms with Crippen LogP contribution in [-0.4, -0.2) is 13.1 Å². The second-order valence-corrected chi connectivity index (χ2v) is 7.26. The Morgan fingerprint density at radius 2 is 2.12 bits per heavy atom. The summed E-state index contributed by atoms with van der Waals surface area (Å²) in [6.45, 7) is 11.2. The topological polar surface area (TPSA) is 12.0 Å². The van der Waals surface area contributed by atoms with E-state index < -0.39 is 0 Å². The molecule has 1 rings (SSSR count). The average molecular weight is 304 g/mol. The Morgan fingerprint density at radius 1 is 1.44 bits per heavy atom. The van der Waals surface area contributed by atoms with Crippen LogP contribution in [0.4, 0.5) is 0 Å². The first-order valence-electron chi connectivity index (χ1n) is 5.90. The maximum absolute atomic E-state index is 3.58. The monoisotopic (exact) mass is 303 g/mol. The van der Waals surface area contributed by atoms with Gasteiger partial charge in [-0.3, -0.25) is 0 Å². The lowest BCUT2D eigenvalue weighted by Gasteiger charge is -2.24. The van der Waals surface area contributed by atoms with Gasteiger partial charge in [-0.15, -0.1) is 11.3 Å². The van der Waals surface area contributed by atoms with Crippen molar-refractivity contribution in [3.8, 4) is 0 Å². The first-order chi connectivity index (χ1) is 7.44. The Labute approximate surface area is 112 Å². The maximum atomic E-state index is 3.58. The molecule has 3 heteroatoms. The van der Waals surface area contributed by atoms with Gasteiger partial charge in [-0.25, -0.2) is 0 Å². The van der Waals surface area contributed by atoms with E-state index in [0.717, 1.165) is 13.1 Å². The van der Waals surface area contributed by atoms with Crippen LogP contribution in [0, 0.1) is 12.3 Å². The molecule has 0 aliphatic heterocycles. The zero-order valence-corrected chi connectivity index (χ0v) is 13.1. The second-order valence-electron chi connectivity index (χ2n) is 5.06. The summed E-state index contributed by atoms with van der Waals surface area (Å²) in [5.41, 5.74) is 0.389. The maximum Gasteiger partial charge on any atom is 0.0314 e. The third kappa shape index (κ3) is 4.56. The van der Waals surface area contributed by atoms with Gasteiger partial charge in [0.15, 0.2) is 0 Å². The lowest BCUT2D eigenvalue weighted by Crippen LogP contribution is -2.29. The van der Waals surface area contributed by atoms with Gasteiger partial charge in [0, 0.05) is 20.8 Å². The van der Waals surface area contributed by atoms with Crippen LogP contribution in [0.3, 0.4) is 0 Å². The molecule has 1 N–H and O–H groups in total. The van der Waals surface area contributed by atoms with Gasteiger partial charge >= 0.3 is 0 Å². The standard InChI is InChI=1S/C13H22BrNS/c1-5-15-9-13(3,4)7-6-11-8-12(14)10(2)16-11/h8,15H,5-7,9H2,1-4H3. The Morgan fingerprint density at radius 3 is 2.62 bits per heavy atom. The van der Waals surface area contributed by atoms with E-state index in [2.05, 4.69) is 55.0 Å². The highest BCUT2D eigenvalue weighted by Crippen LogP contribution is 2.30. The summed E-state index contributed by atoms with van der Waals surface area (Å²) in [4.78, 5) is 2.88. The molecule has 92 valence electrons. The largest absolute Gasteiger partial charge is 0.316 e. The van der Waals surface area contributed by atoms with E-state index in [1.54, 1.807) is 0 Å². The molecule has 0 unspecified atom stereocenters. The van der Waals surface area contributed by atoms with E-state index in [9.17, 15) is 0 Å². The molecule has 0 fully saturated rings. The molecule has 0 saturated heterocycles. The predicted octanol–water partition coefficient (Wildman–Crippen LogP) is 4.39. The van der Waals surface area contributed by atoms with Crippen molar-refractivity contribution in [2.75, 3.05) is 13.1 Å². The zero-order valence-electron chi connectivity index (χ0n) is 10.7. The van der Waals surface area contributed by atoms with E-state index in [1.165, 1.54) is 27.1 Å².